The summed E-state index contributed by atoms with van der Waals surface area (Å²) in [7, 11) is -1.09. The number of nitrogens with one attached hydrogen (secondary N) is 2. The van der Waals surface area contributed by atoms with Gasteiger partial charge in [0.25, 0.3) is 11.8 Å². The van der Waals surface area contributed by atoms with E-state index in [1.165, 1.54) is 0 Å². The van der Waals surface area contributed by atoms with Crippen molar-refractivity contribution in [1.29, 1.82) is 0 Å². The highest BCUT2D eigenvalue weighted by molar-refractivity contribution is 7.84. The second-order valence-electron chi connectivity index (χ2n) is 6.16. The van der Waals surface area contributed by atoms with Crippen molar-refractivity contribution in [3.05, 3.63) is 84.4 Å². The molecule has 3 aromatic rings. The maximum Gasteiger partial charge on any atom is 0.262 e. The molecule has 148 valence electrons. The molecule has 1 atom stereocenters. The average Bonchev–Trinajstić information content (AvgIpc) is 2.73. The Morgan fingerprint density at radius 1 is 0.862 bits per heavy atom. The Labute approximate surface area is 171 Å². The summed E-state index contributed by atoms with van der Waals surface area (Å²) in [6, 6.07) is 22.5. The molecule has 0 heterocycles. The fourth-order valence-corrected chi connectivity index (χ4v) is 3.05. The van der Waals surface area contributed by atoms with Crippen molar-refractivity contribution in [2.45, 2.75) is 4.90 Å². The molecule has 0 radical (unpaired) electrons. The van der Waals surface area contributed by atoms with E-state index in [2.05, 4.69) is 10.6 Å². The van der Waals surface area contributed by atoms with Gasteiger partial charge in [-0.2, -0.15) is 0 Å². The molecule has 0 fully saturated rings. The lowest BCUT2D eigenvalue weighted by molar-refractivity contribution is -0.118. The molecule has 0 saturated carbocycles. The van der Waals surface area contributed by atoms with E-state index in [-0.39, 0.29) is 18.4 Å². The van der Waals surface area contributed by atoms with Crippen LogP contribution in [0.25, 0.3) is 0 Å². The first-order valence-corrected chi connectivity index (χ1v) is 10.4. The van der Waals surface area contributed by atoms with Crippen LogP contribution in [0.3, 0.4) is 0 Å². The quantitative estimate of drug-likeness (QED) is 0.624. The maximum absolute atomic E-state index is 12.4. The lowest BCUT2D eigenvalue weighted by Gasteiger charge is -2.10. The molecular weight excluding hydrogens is 388 g/mol. The number of para-hydroxylation sites is 1. The average molecular weight is 408 g/mol. The van der Waals surface area contributed by atoms with Gasteiger partial charge in [-0.3, -0.25) is 13.8 Å². The number of benzene rings is 3. The molecule has 6 nitrogen and oxygen atoms in total. The molecule has 0 aliphatic carbocycles. The summed E-state index contributed by atoms with van der Waals surface area (Å²) in [4.78, 5) is 25.0. The summed E-state index contributed by atoms with van der Waals surface area (Å²) in [6.07, 6.45) is 1.58. The topological polar surface area (TPSA) is 84.5 Å². The van der Waals surface area contributed by atoms with E-state index in [1.807, 2.05) is 18.2 Å². The zero-order chi connectivity index (χ0) is 20.6. The molecule has 0 aromatic heterocycles. The molecule has 0 bridgehead atoms. The summed E-state index contributed by atoms with van der Waals surface area (Å²) in [5, 5.41) is 5.52. The Morgan fingerprint density at radius 2 is 1.55 bits per heavy atom. The van der Waals surface area contributed by atoms with E-state index in [0.717, 1.165) is 0 Å². The van der Waals surface area contributed by atoms with E-state index in [0.29, 0.717) is 27.6 Å². The second kappa shape index (κ2) is 9.66. The van der Waals surface area contributed by atoms with Gasteiger partial charge in [-0.25, -0.2) is 0 Å². The van der Waals surface area contributed by atoms with Crippen LogP contribution in [0.5, 0.6) is 5.75 Å². The van der Waals surface area contributed by atoms with E-state index >= 15 is 0 Å². The van der Waals surface area contributed by atoms with Crippen LogP contribution >= 0.6 is 0 Å². The number of amides is 2. The van der Waals surface area contributed by atoms with Gasteiger partial charge < -0.3 is 15.4 Å². The van der Waals surface area contributed by atoms with E-state index in [1.54, 1.807) is 66.9 Å². The standard InChI is InChI=1S/C22H20N2O4S/c1-29(27)20-12-10-16(11-13-20)22(26)24-18-8-5-9-19(14-18)28-15-21(25)23-17-6-3-2-4-7-17/h2-14H,15H2,1H3,(H,23,25)(H,24,26). The first-order valence-electron chi connectivity index (χ1n) is 8.84. The first-order chi connectivity index (χ1) is 14.0. The van der Waals surface area contributed by atoms with Crippen molar-refractivity contribution >= 4 is 34.0 Å². The Balaban J connectivity index is 1.56. The predicted octanol–water partition coefficient (Wildman–Crippen LogP) is 3.69. The molecule has 2 N–H and O–H groups in total. The Kier molecular flexibility index (Phi) is 6.76. The fourth-order valence-electron chi connectivity index (χ4n) is 2.53. The highest BCUT2D eigenvalue weighted by Gasteiger charge is 2.09. The Morgan fingerprint density at radius 3 is 2.24 bits per heavy atom. The van der Waals surface area contributed by atoms with Crippen LogP contribution in [0, 0.1) is 0 Å². The lowest BCUT2D eigenvalue weighted by Crippen LogP contribution is -2.20. The highest BCUT2D eigenvalue weighted by Crippen LogP contribution is 2.19. The van der Waals surface area contributed by atoms with E-state index < -0.39 is 10.8 Å². The van der Waals surface area contributed by atoms with Crippen molar-refractivity contribution in [2.24, 2.45) is 0 Å². The largest absolute Gasteiger partial charge is 0.484 e. The lowest BCUT2D eigenvalue weighted by atomic mass is 10.2. The summed E-state index contributed by atoms with van der Waals surface area (Å²) in [5.74, 6) is -0.112. The molecule has 3 aromatic carbocycles. The number of ether oxygens (including phenoxy) is 1. The molecule has 0 saturated heterocycles. The number of hydrogen-bond donors (Lipinski definition) is 2. The highest BCUT2D eigenvalue weighted by atomic mass is 32.2. The molecule has 7 heteroatoms. The minimum Gasteiger partial charge on any atom is -0.484 e. The van der Waals surface area contributed by atoms with Crippen LogP contribution < -0.4 is 15.4 Å². The number of carbonyl (C=O) groups excluding carboxylic acids is 2. The van der Waals surface area contributed by atoms with Crippen molar-refractivity contribution < 1.29 is 18.5 Å². The fraction of sp³-hybridized carbons (Fsp3) is 0.0909. The van der Waals surface area contributed by atoms with E-state index in [9.17, 15) is 13.8 Å². The van der Waals surface area contributed by atoms with Gasteiger partial charge in [-0.05, 0) is 48.5 Å². The van der Waals surface area contributed by atoms with Crippen LogP contribution in [0.1, 0.15) is 10.4 Å². The van der Waals surface area contributed by atoms with Crippen LogP contribution in [0.2, 0.25) is 0 Å². The van der Waals surface area contributed by atoms with Gasteiger partial charge in [-0.15, -0.1) is 0 Å². The number of carbonyl (C=O) groups is 2. The van der Waals surface area contributed by atoms with Gasteiger partial charge in [0.1, 0.15) is 5.75 Å². The van der Waals surface area contributed by atoms with Crippen molar-refractivity contribution in [1.82, 2.24) is 0 Å². The molecule has 0 aliphatic rings. The molecule has 0 spiro atoms. The number of hydrogen-bond acceptors (Lipinski definition) is 4. The molecule has 1 unspecified atom stereocenters. The summed E-state index contributed by atoms with van der Waals surface area (Å²) < 4.78 is 16.9. The summed E-state index contributed by atoms with van der Waals surface area (Å²) in [5.41, 5.74) is 1.69. The zero-order valence-corrected chi connectivity index (χ0v) is 16.6. The Bertz CT molecular complexity index is 1020. The van der Waals surface area contributed by atoms with Gasteiger partial charge in [0.2, 0.25) is 0 Å². The van der Waals surface area contributed by atoms with Gasteiger partial charge in [0.05, 0.1) is 0 Å². The van der Waals surface area contributed by atoms with Crippen LogP contribution in [-0.2, 0) is 15.6 Å². The first kappa shape index (κ1) is 20.3. The third-order valence-corrected chi connectivity index (χ3v) is 4.90. The summed E-state index contributed by atoms with van der Waals surface area (Å²) >= 11 is 0. The monoisotopic (exact) mass is 408 g/mol. The smallest absolute Gasteiger partial charge is 0.262 e. The van der Waals surface area contributed by atoms with Crippen molar-refractivity contribution in [2.75, 3.05) is 23.5 Å². The van der Waals surface area contributed by atoms with Gasteiger partial charge in [-0.1, -0.05) is 24.3 Å². The van der Waals surface area contributed by atoms with Gasteiger partial charge in [0.15, 0.2) is 6.61 Å². The van der Waals surface area contributed by atoms with E-state index in [4.69, 9.17) is 4.74 Å². The van der Waals surface area contributed by atoms with Crippen LogP contribution in [0.4, 0.5) is 11.4 Å². The number of rotatable bonds is 7. The third-order valence-electron chi connectivity index (χ3n) is 3.97. The molecule has 29 heavy (non-hydrogen) atoms. The van der Waals surface area contributed by atoms with Crippen molar-refractivity contribution in [3.8, 4) is 5.75 Å². The molecule has 3 rings (SSSR count). The van der Waals surface area contributed by atoms with Gasteiger partial charge in [0, 0.05) is 45.0 Å². The zero-order valence-electron chi connectivity index (χ0n) is 15.8. The van der Waals surface area contributed by atoms with Crippen LogP contribution in [-0.4, -0.2) is 28.9 Å². The normalized spacial score (nSPS) is 11.3. The predicted molar refractivity (Wildman–Crippen MR) is 114 cm³/mol. The second-order valence-corrected chi connectivity index (χ2v) is 7.54. The van der Waals surface area contributed by atoms with Gasteiger partial charge >= 0.3 is 0 Å². The van der Waals surface area contributed by atoms with Crippen LogP contribution in [0.15, 0.2) is 83.8 Å². The Hall–Kier alpha value is -3.45. The SMILES string of the molecule is CS(=O)c1ccc(C(=O)Nc2cccc(OCC(=O)Nc3ccccc3)c2)cc1. The number of anilines is 2. The third kappa shape index (κ3) is 6.02. The summed E-state index contributed by atoms with van der Waals surface area (Å²) in [6.45, 7) is -0.151. The maximum atomic E-state index is 12.4. The minimum absolute atomic E-state index is 0.151. The molecular formula is C22H20N2O4S. The molecule has 2 amide bonds. The molecule has 0 aliphatic heterocycles. The van der Waals surface area contributed by atoms with Crippen molar-refractivity contribution in [3.63, 3.8) is 0 Å². The minimum atomic E-state index is -1.09.